The third-order valence-electron chi connectivity index (χ3n) is 7.27. The molecule has 7 nitrogen and oxygen atoms in total. The Bertz CT molecular complexity index is 1330. The van der Waals surface area contributed by atoms with E-state index in [1.807, 2.05) is 12.1 Å². The monoisotopic (exact) mass is 516 g/mol. The van der Waals surface area contributed by atoms with Gasteiger partial charge >= 0.3 is 12.1 Å². The average molecular weight is 517 g/mol. The molecule has 0 unspecified atom stereocenters. The van der Waals surface area contributed by atoms with E-state index in [1.165, 1.54) is 6.92 Å². The van der Waals surface area contributed by atoms with Gasteiger partial charge in [0.25, 0.3) is 0 Å². The Labute approximate surface area is 213 Å². The molecule has 1 aliphatic rings. The van der Waals surface area contributed by atoms with Crippen molar-refractivity contribution in [2.24, 2.45) is 5.92 Å². The highest BCUT2D eigenvalue weighted by molar-refractivity contribution is 5.91. The SMILES string of the molecule is COc1cc2nc(C)nc(N[C@H](C)c3cc(N)cc(C(F)(F)F)c3C)c2cc1C1CCC(C(=O)O)CC1. The van der Waals surface area contributed by atoms with Gasteiger partial charge in [-0.2, -0.15) is 13.2 Å². The minimum atomic E-state index is -4.52. The Balaban J connectivity index is 1.74. The summed E-state index contributed by atoms with van der Waals surface area (Å²) in [5.74, 6) is 0.679. The van der Waals surface area contributed by atoms with Crippen molar-refractivity contribution in [3.63, 3.8) is 0 Å². The zero-order valence-corrected chi connectivity index (χ0v) is 21.2. The molecular formula is C27H31F3N4O3. The zero-order valence-electron chi connectivity index (χ0n) is 21.2. The van der Waals surface area contributed by atoms with Gasteiger partial charge in [0.15, 0.2) is 0 Å². The van der Waals surface area contributed by atoms with Crippen molar-refractivity contribution in [2.45, 2.75) is 64.6 Å². The van der Waals surface area contributed by atoms with Crippen LogP contribution in [0.5, 0.6) is 5.75 Å². The number of methoxy groups -OCH3 is 1. The molecule has 0 aliphatic heterocycles. The number of carboxylic acids is 1. The summed E-state index contributed by atoms with van der Waals surface area (Å²) in [5.41, 5.74) is 7.23. The van der Waals surface area contributed by atoms with Crippen LogP contribution in [0.2, 0.25) is 0 Å². The van der Waals surface area contributed by atoms with Crippen LogP contribution in [0.15, 0.2) is 24.3 Å². The molecule has 10 heteroatoms. The molecule has 1 atom stereocenters. The zero-order chi connectivity index (χ0) is 27.1. The molecule has 1 saturated carbocycles. The van der Waals surface area contributed by atoms with Crippen LogP contribution in [0.25, 0.3) is 10.9 Å². The molecule has 4 rings (SSSR count). The summed E-state index contributed by atoms with van der Waals surface area (Å²) in [6.45, 7) is 4.95. The van der Waals surface area contributed by atoms with Gasteiger partial charge in [-0.25, -0.2) is 9.97 Å². The summed E-state index contributed by atoms with van der Waals surface area (Å²) in [4.78, 5) is 20.5. The molecule has 0 bridgehead atoms. The predicted octanol–water partition coefficient (Wildman–Crippen LogP) is 6.39. The number of rotatable bonds is 6. The van der Waals surface area contributed by atoms with Crippen LogP contribution in [0.1, 0.15) is 72.6 Å². The molecule has 1 fully saturated rings. The third kappa shape index (κ3) is 5.42. The number of carbonyl (C=O) groups is 1. The van der Waals surface area contributed by atoms with Crippen molar-refractivity contribution in [1.82, 2.24) is 9.97 Å². The van der Waals surface area contributed by atoms with E-state index in [2.05, 4.69) is 15.3 Å². The Hall–Kier alpha value is -3.56. The number of benzene rings is 2. The van der Waals surface area contributed by atoms with Crippen molar-refractivity contribution in [3.8, 4) is 5.75 Å². The molecule has 1 aliphatic carbocycles. The summed E-state index contributed by atoms with van der Waals surface area (Å²) in [7, 11) is 1.59. The van der Waals surface area contributed by atoms with Crippen LogP contribution in [-0.2, 0) is 11.0 Å². The molecule has 0 spiro atoms. The Morgan fingerprint density at radius 3 is 2.41 bits per heavy atom. The number of nitrogens with one attached hydrogen (secondary N) is 1. The van der Waals surface area contributed by atoms with Gasteiger partial charge in [0.05, 0.1) is 30.1 Å². The number of carboxylic acid groups (broad SMARTS) is 1. The molecular weight excluding hydrogens is 485 g/mol. The minimum Gasteiger partial charge on any atom is -0.496 e. The number of fused-ring (bicyclic) bond motifs is 1. The molecule has 0 saturated heterocycles. The smallest absolute Gasteiger partial charge is 0.416 e. The number of ether oxygens (including phenoxy) is 1. The van der Waals surface area contributed by atoms with E-state index in [0.29, 0.717) is 59.5 Å². The number of aliphatic carboxylic acids is 1. The first-order valence-electron chi connectivity index (χ1n) is 12.2. The summed E-state index contributed by atoms with van der Waals surface area (Å²) in [6.07, 6.45) is -1.91. The number of nitrogens with zero attached hydrogens (tertiary/aromatic N) is 2. The number of hydrogen-bond acceptors (Lipinski definition) is 6. The number of hydrogen-bond donors (Lipinski definition) is 3. The molecule has 0 amide bonds. The maximum atomic E-state index is 13.6. The van der Waals surface area contributed by atoms with Crippen molar-refractivity contribution in [2.75, 3.05) is 18.2 Å². The Morgan fingerprint density at radius 2 is 1.81 bits per heavy atom. The van der Waals surface area contributed by atoms with Gasteiger partial charge in [-0.1, -0.05) is 0 Å². The van der Waals surface area contributed by atoms with Crippen LogP contribution >= 0.6 is 0 Å². The molecule has 1 aromatic heterocycles. The highest BCUT2D eigenvalue weighted by atomic mass is 19.4. The van der Waals surface area contributed by atoms with Crippen LogP contribution in [-0.4, -0.2) is 28.2 Å². The maximum Gasteiger partial charge on any atom is 0.416 e. The molecule has 0 radical (unpaired) electrons. The molecule has 37 heavy (non-hydrogen) atoms. The number of nitrogen functional groups attached to an aromatic ring is 1. The van der Waals surface area contributed by atoms with Crippen LogP contribution in [0.3, 0.4) is 0 Å². The van der Waals surface area contributed by atoms with Crippen molar-refractivity contribution in [3.05, 3.63) is 52.3 Å². The molecule has 3 aromatic rings. The first kappa shape index (κ1) is 26.5. The Kier molecular flexibility index (Phi) is 7.21. The number of halogens is 3. The lowest BCUT2D eigenvalue weighted by molar-refractivity contribution is -0.143. The van der Waals surface area contributed by atoms with Gasteiger partial charge in [0, 0.05) is 17.1 Å². The quantitative estimate of drug-likeness (QED) is 0.326. The molecule has 198 valence electrons. The number of aromatic nitrogens is 2. The summed E-state index contributed by atoms with van der Waals surface area (Å²) < 4.78 is 46.4. The van der Waals surface area contributed by atoms with Gasteiger partial charge in [0.1, 0.15) is 17.4 Å². The van der Waals surface area contributed by atoms with E-state index in [4.69, 9.17) is 10.5 Å². The number of aryl methyl sites for hydroxylation is 1. The standard InChI is InChI=1S/C27H31F3N4O3/c1-13-19(9-18(31)10-22(13)27(28,29)30)14(2)32-25-21-11-20(16-5-7-17(8-6-16)26(35)36)24(37-4)12-23(21)33-15(3)34-25/h9-12,14,16-17H,5-8,31H2,1-4H3,(H,35,36)(H,32,33,34)/t14-,16?,17?/m1/s1. The normalized spacial score (nSPS) is 19.0. The number of anilines is 2. The van der Waals surface area contributed by atoms with E-state index in [9.17, 15) is 23.1 Å². The van der Waals surface area contributed by atoms with E-state index in [1.54, 1.807) is 27.0 Å². The third-order valence-corrected chi connectivity index (χ3v) is 7.27. The average Bonchev–Trinajstić information content (AvgIpc) is 2.83. The van der Waals surface area contributed by atoms with Crippen molar-refractivity contribution < 1.29 is 27.8 Å². The summed E-state index contributed by atoms with van der Waals surface area (Å²) in [6, 6.07) is 5.77. The fourth-order valence-electron chi connectivity index (χ4n) is 5.33. The molecule has 2 aromatic carbocycles. The van der Waals surface area contributed by atoms with Gasteiger partial charge in [-0.15, -0.1) is 0 Å². The minimum absolute atomic E-state index is 0.0364. The van der Waals surface area contributed by atoms with E-state index >= 15 is 0 Å². The van der Waals surface area contributed by atoms with E-state index in [0.717, 1.165) is 11.6 Å². The second-order valence-electron chi connectivity index (χ2n) is 9.76. The highest BCUT2D eigenvalue weighted by Gasteiger charge is 2.34. The summed E-state index contributed by atoms with van der Waals surface area (Å²) in [5, 5.41) is 13.4. The first-order valence-corrected chi connectivity index (χ1v) is 12.2. The van der Waals surface area contributed by atoms with Gasteiger partial charge < -0.3 is 20.9 Å². The fourth-order valence-corrected chi connectivity index (χ4v) is 5.33. The fraction of sp³-hybridized carbons (Fsp3) is 0.444. The van der Waals surface area contributed by atoms with Crippen LogP contribution < -0.4 is 15.8 Å². The molecule has 4 N–H and O–H groups in total. The lowest BCUT2D eigenvalue weighted by Crippen LogP contribution is -2.20. The lowest BCUT2D eigenvalue weighted by Gasteiger charge is -2.28. The Morgan fingerprint density at radius 1 is 1.14 bits per heavy atom. The van der Waals surface area contributed by atoms with Crippen LogP contribution in [0, 0.1) is 19.8 Å². The highest BCUT2D eigenvalue weighted by Crippen LogP contribution is 2.42. The van der Waals surface area contributed by atoms with E-state index < -0.39 is 23.8 Å². The van der Waals surface area contributed by atoms with Crippen molar-refractivity contribution in [1.29, 1.82) is 0 Å². The van der Waals surface area contributed by atoms with Gasteiger partial charge in [-0.05, 0) is 87.3 Å². The number of alkyl halides is 3. The largest absolute Gasteiger partial charge is 0.496 e. The molecule has 1 heterocycles. The van der Waals surface area contributed by atoms with Gasteiger partial charge in [0.2, 0.25) is 0 Å². The number of nitrogens with two attached hydrogens (primary N) is 1. The van der Waals surface area contributed by atoms with Gasteiger partial charge in [-0.3, -0.25) is 4.79 Å². The van der Waals surface area contributed by atoms with Crippen LogP contribution in [0.4, 0.5) is 24.7 Å². The summed E-state index contributed by atoms with van der Waals surface area (Å²) >= 11 is 0. The van der Waals surface area contributed by atoms with E-state index in [-0.39, 0.29) is 23.1 Å². The topological polar surface area (TPSA) is 110 Å². The van der Waals surface area contributed by atoms with Crippen molar-refractivity contribution >= 4 is 28.4 Å². The predicted molar refractivity (Wildman–Crippen MR) is 136 cm³/mol. The first-order chi connectivity index (χ1) is 17.4. The second-order valence-corrected chi connectivity index (χ2v) is 9.76. The maximum absolute atomic E-state index is 13.6. The second kappa shape index (κ2) is 10.1. The lowest BCUT2D eigenvalue weighted by atomic mass is 9.78.